The molecule has 0 aliphatic rings. The first-order chi connectivity index (χ1) is 8.58. The first-order valence-electron chi connectivity index (χ1n) is 4.95. The van der Waals surface area contributed by atoms with Crippen LogP contribution in [0, 0.1) is 3.57 Å². The van der Waals surface area contributed by atoms with Crippen molar-refractivity contribution >= 4 is 57.4 Å². The van der Waals surface area contributed by atoms with Crippen LogP contribution in [-0.2, 0) is 0 Å². The molecule has 1 aromatic heterocycles. The number of pyridine rings is 1. The predicted molar refractivity (Wildman–Crippen MR) is 81.4 cm³/mol. The Labute approximate surface area is 128 Å². The molecule has 0 aliphatic carbocycles. The van der Waals surface area contributed by atoms with Gasteiger partial charge in [0, 0.05) is 15.5 Å². The lowest BCUT2D eigenvalue weighted by Gasteiger charge is -2.07. The van der Waals surface area contributed by atoms with Crippen molar-refractivity contribution in [2.24, 2.45) is 0 Å². The maximum absolute atomic E-state index is 12.0. The van der Waals surface area contributed by atoms with Crippen LogP contribution < -0.4 is 5.32 Å². The highest BCUT2D eigenvalue weighted by Crippen LogP contribution is 2.23. The number of amides is 1. The SMILES string of the molecule is O=C(Nc1ccc(Cl)c(I)c1)c1cccnc1Cl. The topological polar surface area (TPSA) is 42.0 Å². The van der Waals surface area contributed by atoms with Gasteiger partial charge >= 0.3 is 0 Å². The lowest BCUT2D eigenvalue weighted by atomic mass is 10.2. The number of hydrogen-bond acceptors (Lipinski definition) is 2. The molecule has 2 aromatic rings. The van der Waals surface area contributed by atoms with E-state index in [1.54, 1.807) is 30.3 Å². The lowest BCUT2D eigenvalue weighted by molar-refractivity contribution is 0.102. The zero-order valence-corrected chi connectivity index (χ0v) is 12.6. The van der Waals surface area contributed by atoms with E-state index in [1.807, 2.05) is 0 Å². The first kappa shape index (κ1) is 13.6. The number of hydrogen-bond donors (Lipinski definition) is 1. The highest BCUT2D eigenvalue weighted by atomic mass is 127. The molecule has 0 atom stereocenters. The van der Waals surface area contributed by atoms with E-state index < -0.39 is 0 Å². The summed E-state index contributed by atoms with van der Waals surface area (Å²) in [5, 5.41) is 3.57. The maximum atomic E-state index is 12.0. The van der Waals surface area contributed by atoms with Crippen molar-refractivity contribution in [2.75, 3.05) is 5.32 Å². The van der Waals surface area contributed by atoms with Crippen molar-refractivity contribution in [1.82, 2.24) is 4.98 Å². The molecular weight excluding hydrogens is 386 g/mol. The lowest BCUT2D eigenvalue weighted by Crippen LogP contribution is -2.12. The van der Waals surface area contributed by atoms with Crippen LogP contribution in [0.1, 0.15) is 10.4 Å². The zero-order valence-electron chi connectivity index (χ0n) is 8.95. The van der Waals surface area contributed by atoms with Crippen LogP contribution in [0.4, 0.5) is 5.69 Å². The fraction of sp³-hybridized carbons (Fsp3) is 0. The van der Waals surface area contributed by atoms with Crippen molar-refractivity contribution < 1.29 is 4.79 Å². The molecule has 6 heteroatoms. The normalized spacial score (nSPS) is 10.2. The van der Waals surface area contributed by atoms with Gasteiger partial charge in [0.1, 0.15) is 5.15 Å². The number of nitrogens with zero attached hydrogens (tertiary/aromatic N) is 1. The fourth-order valence-corrected chi connectivity index (χ4v) is 2.17. The molecule has 3 nitrogen and oxygen atoms in total. The van der Waals surface area contributed by atoms with E-state index >= 15 is 0 Å². The number of carbonyl (C=O) groups excluding carboxylic acids is 1. The van der Waals surface area contributed by atoms with Crippen molar-refractivity contribution in [2.45, 2.75) is 0 Å². The number of halogens is 3. The van der Waals surface area contributed by atoms with Crippen LogP contribution >= 0.6 is 45.8 Å². The molecule has 0 saturated heterocycles. The number of nitrogens with one attached hydrogen (secondary N) is 1. The minimum atomic E-state index is -0.300. The number of rotatable bonds is 2. The van der Waals surface area contributed by atoms with Gasteiger partial charge in [-0.3, -0.25) is 4.79 Å². The van der Waals surface area contributed by atoms with E-state index in [1.165, 1.54) is 6.20 Å². The Kier molecular flexibility index (Phi) is 4.42. The van der Waals surface area contributed by atoms with E-state index in [0.29, 0.717) is 16.3 Å². The van der Waals surface area contributed by atoms with Crippen molar-refractivity contribution in [3.8, 4) is 0 Å². The van der Waals surface area contributed by atoms with Crippen LogP contribution in [0.3, 0.4) is 0 Å². The third kappa shape index (κ3) is 3.13. The predicted octanol–water partition coefficient (Wildman–Crippen LogP) is 4.25. The van der Waals surface area contributed by atoms with E-state index in [9.17, 15) is 4.79 Å². The summed E-state index contributed by atoms with van der Waals surface area (Å²) in [6.07, 6.45) is 1.53. The van der Waals surface area contributed by atoms with E-state index in [4.69, 9.17) is 23.2 Å². The van der Waals surface area contributed by atoms with Crippen LogP contribution in [0.5, 0.6) is 0 Å². The Morgan fingerprint density at radius 3 is 2.72 bits per heavy atom. The molecule has 1 N–H and O–H groups in total. The molecule has 0 saturated carbocycles. The molecule has 0 unspecified atom stereocenters. The molecule has 92 valence electrons. The quantitative estimate of drug-likeness (QED) is 0.613. The minimum absolute atomic E-state index is 0.179. The summed E-state index contributed by atoms with van der Waals surface area (Å²) in [4.78, 5) is 15.8. The number of benzene rings is 1. The average molecular weight is 393 g/mol. The van der Waals surface area contributed by atoms with Gasteiger partial charge < -0.3 is 5.32 Å². The monoisotopic (exact) mass is 392 g/mol. The van der Waals surface area contributed by atoms with Crippen molar-refractivity contribution in [1.29, 1.82) is 0 Å². The summed E-state index contributed by atoms with van der Waals surface area (Å²) >= 11 is 13.9. The Balaban J connectivity index is 2.22. The molecule has 1 aromatic carbocycles. The molecule has 0 radical (unpaired) electrons. The molecular formula is C12H7Cl2IN2O. The third-order valence-corrected chi connectivity index (χ3v) is 4.02. The van der Waals surface area contributed by atoms with Crippen LogP contribution in [0.15, 0.2) is 36.5 Å². The largest absolute Gasteiger partial charge is 0.322 e. The standard InChI is InChI=1S/C12H7Cl2IN2O/c13-9-4-3-7(6-10(9)15)17-12(18)8-2-1-5-16-11(8)14/h1-6H,(H,17,18). The summed E-state index contributed by atoms with van der Waals surface area (Å²) < 4.78 is 0.865. The Morgan fingerprint density at radius 1 is 1.28 bits per heavy atom. The molecule has 0 spiro atoms. The summed E-state index contributed by atoms with van der Waals surface area (Å²) in [5.74, 6) is -0.300. The third-order valence-electron chi connectivity index (χ3n) is 2.18. The van der Waals surface area contributed by atoms with E-state index in [0.717, 1.165) is 3.57 Å². The van der Waals surface area contributed by atoms with Gasteiger partial charge in [-0.1, -0.05) is 23.2 Å². The van der Waals surface area contributed by atoms with Crippen molar-refractivity contribution in [3.63, 3.8) is 0 Å². The molecule has 0 fully saturated rings. The van der Waals surface area contributed by atoms with Crippen LogP contribution in [0.2, 0.25) is 10.2 Å². The second-order valence-electron chi connectivity index (χ2n) is 3.42. The van der Waals surface area contributed by atoms with Gasteiger partial charge in [-0.15, -0.1) is 0 Å². The van der Waals surface area contributed by atoms with Gasteiger partial charge in [-0.05, 0) is 52.9 Å². The molecule has 1 heterocycles. The highest BCUT2D eigenvalue weighted by molar-refractivity contribution is 14.1. The molecule has 2 rings (SSSR count). The summed E-state index contributed by atoms with van der Waals surface area (Å²) in [6.45, 7) is 0. The van der Waals surface area contributed by atoms with E-state index in [-0.39, 0.29) is 11.1 Å². The molecule has 1 amide bonds. The second kappa shape index (κ2) is 5.86. The van der Waals surface area contributed by atoms with Gasteiger partial charge in [-0.2, -0.15) is 0 Å². The van der Waals surface area contributed by atoms with Gasteiger partial charge in [0.05, 0.1) is 10.6 Å². The van der Waals surface area contributed by atoms with Gasteiger partial charge in [-0.25, -0.2) is 4.98 Å². The Bertz CT molecular complexity index is 604. The average Bonchev–Trinajstić information content (AvgIpc) is 2.34. The number of aromatic nitrogens is 1. The number of carbonyl (C=O) groups is 1. The van der Waals surface area contributed by atoms with Gasteiger partial charge in [0.25, 0.3) is 5.91 Å². The second-order valence-corrected chi connectivity index (χ2v) is 5.35. The first-order valence-corrected chi connectivity index (χ1v) is 6.78. The van der Waals surface area contributed by atoms with Gasteiger partial charge in [0.15, 0.2) is 0 Å². The maximum Gasteiger partial charge on any atom is 0.258 e. The Morgan fingerprint density at radius 2 is 2.06 bits per heavy atom. The zero-order chi connectivity index (χ0) is 13.1. The van der Waals surface area contributed by atoms with E-state index in [2.05, 4.69) is 32.9 Å². The van der Waals surface area contributed by atoms with Crippen LogP contribution in [-0.4, -0.2) is 10.9 Å². The van der Waals surface area contributed by atoms with Crippen LogP contribution in [0.25, 0.3) is 0 Å². The molecule has 0 bridgehead atoms. The smallest absolute Gasteiger partial charge is 0.258 e. The Hall–Kier alpha value is -0.850. The molecule has 0 aliphatic heterocycles. The summed E-state index contributed by atoms with van der Waals surface area (Å²) in [6, 6.07) is 8.51. The van der Waals surface area contributed by atoms with Gasteiger partial charge in [0.2, 0.25) is 0 Å². The summed E-state index contributed by atoms with van der Waals surface area (Å²) in [5.41, 5.74) is 0.998. The summed E-state index contributed by atoms with van der Waals surface area (Å²) in [7, 11) is 0. The number of anilines is 1. The fourth-order valence-electron chi connectivity index (χ4n) is 1.33. The highest BCUT2D eigenvalue weighted by Gasteiger charge is 2.11. The van der Waals surface area contributed by atoms with Crippen molar-refractivity contribution in [3.05, 3.63) is 55.8 Å². The molecule has 18 heavy (non-hydrogen) atoms. The minimum Gasteiger partial charge on any atom is -0.322 e.